The molecular weight excluding hydrogens is 247 g/mol. The number of aryl methyl sites for hydroxylation is 1. The number of anilines is 1. The first-order valence-corrected chi connectivity index (χ1v) is 5.92. The minimum Gasteiger partial charge on any atom is -0.382 e. The molecule has 0 atom stereocenters. The van der Waals surface area contributed by atoms with Gasteiger partial charge in [-0.2, -0.15) is 13.2 Å². The Kier molecular flexibility index (Phi) is 5.97. The predicted molar refractivity (Wildman–Crippen MR) is 62.5 cm³/mol. The summed E-state index contributed by atoms with van der Waals surface area (Å²) in [6.45, 7) is 3.74. The van der Waals surface area contributed by atoms with E-state index in [1.54, 1.807) is 17.0 Å². The van der Waals surface area contributed by atoms with Crippen LogP contribution in [-0.4, -0.2) is 35.5 Å². The van der Waals surface area contributed by atoms with Crippen molar-refractivity contribution in [2.45, 2.75) is 32.5 Å². The molecule has 7 heteroatoms. The monoisotopic (exact) mass is 265 g/mol. The van der Waals surface area contributed by atoms with E-state index in [9.17, 15) is 13.2 Å². The lowest BCUT2D eigenvalue weighted by molar-refractivity contribution is -0.131. The number of ether oxygens (including phenoxy) is 1. The normalized spacial score (nSPS) is 11.8. The van der Waals surface area contributed by atoms with Gasteiger partial charge in [0, 0.05) is 38.7 Å². The van der Waals surface area contributed by atoms with Crippen LogP contribution in [0.4, 0.5) is 19.1 Å². The molecule has 1 rings (SSSR count). The number of nitrogens with one attached hydrogen (secondary N) is 1. The van der Waals surface area contributed by atoms with Gasteiger partial charge in [0.05, 0.1) is 6.42 Å². The molecule has 1 N–H and O–H groups in total. The minimum absolute atomic E-state index is 0.161. The summed E-state index contributed by atoms with van der Waals surface area (Å²) in [4.78, 5) is 3.98. The van der Waals surface area contributed by atoms with Crippen LogP contribution in [0.2, 0.25) is 0 Å². The van der Waals surface area contributed by atoms with Crippen molar-refractivity contribution < 1.29 is 17.9 Å². The molecule has 4 nitrogen and oxygen atoms in total. The summed E-state index contributed by atoms with van der Waals surface area (Å²) in [7, 11) is 0. The third-order valence-electron chi connectivity index (χ3n) is 2.30. The number of halogens is 3. The summed E-state index contributed by atoms with van der Waals surface area (Å²) in [6, 6.07) is 0. The van der Waals surface area contributed by atoms with Gasteiger partial charge in [0.2, 0.25) is 5.95 Å². The first-order valence-electron chi connectivity index (χ1n) is 5.92. The van der Waals surface area contributed by atoms with E-state index < -0.39 is 12.6 Å². The zero-order valence-electron chi connectivity index (χ0n) is 10.3. The van der Waals surface area contributed by atoms with Crippen molar-refractivity contribution in [3.63, 3.8) is 0 Å². The Labute approximate surface area is 104 Å². The average Bonchev–Trinajstić information content (AvgIpc) is 2.71. The largest absolute Gasteiger partial charge is 0.390 e. The highest BCUT2D eigenvalue weighted by Gasteiger charge is 2.26. The lowest BCUT2D eigenvalue weighted by atomic mass is 10.4. The molecule has 0 aliphatic heterocycles. The topological polar surface area (TPSA) is 39.1 Å². The van der Waals surface area contributed by atoms with Crippen LogP contribution >= 0.6 is 0 Å². The van der Waals surface area contributed by atoms with Crippen LogP contribution in [0.15, 0.2) is 12.4 Å². The molecule has 104 valence electrons. The second-order valence-corrected chi connectivity index (χ2v) is 3.79. The Balaban J connectivity index is 2.31. The Bertz CT molecular complexity index is 339. The van der Waals surface area contributed by atoms with E-state index in [0.29, 0.717) is 25.7 Å². The summed E-state index contributed by atoms with van der Waals surface area (Å²) in [6.07, 6.45) is -0.894. The van der Waals surface area contributed by atoms with E-state index in [2.05, 4.69) is 10.3 Å². The third kappa shape index (κ3) is 5.90. The van der Waals surface area contributed by atoms with Crippen LogP contribution in [0.5, 0.6) is 0 Å². The molecule has 0 aliphatic rings. The van der Waals surface area contributed by atoms with E-state index in [4.69, 9.17) is 4.74 Å². The van der Waals surface area contributed by atoms with Crippen molar-refractivity contribution in [2.75, 3.05) is 25.1 Å². The van der Waals surface area contributed by atoms with Gasteiger partial charge >= 0.3 is 6.18 Å². The Morgan fingerprint density at radius 2 is 2.22 bits per heavy atom. The summed E-state index contributed by atoms with van der Waals surface area (Å²) in [5.74, 6) is 0.468. The van der Waals surface area contributed by atoms with Crippen molar-refractivity contribution in [3.05, 3.63) is 12.4 Å². The zero-order chi connectivity index (χ0) is 13.4. The number of alkyl halides is 3. The van der Waals surface area contributed by atoms with E-state index in [0.717, 1.165) is 6.42 Å². The summed E-state index contributed by atoms with van der Waals surface area (Å²) >= 11 is 0. The highest BCUT2D eigenvalue weighted by molar-refractivity contribution is 5.25. The highest BCUT2D eigenvalue weighted by atomic mass is 19.4. The lowest BCUT2D eigenvalue weighted by Gasteiger charge is -2.11. The highest BCUT2D eigenvalue weighted by Crippen LogP contribution is 2.19. The number of rotatable bonds is 8. The third-order valence-corrected chi connectivity index (χ3v) is 2.30. The van der Waals surface area contributed by atoms with Gasteiger partial charge in [0.25, 0.3) is 0 Å². The van der Waals surface area contributed by atoms with Crippen LogP contribution in [0, 0.1) is 0 Å². The fourth-order valence-corrected chi connectivity index (χ4v) is 1.45. The molecule has 0 bridgehead atoms. The smallest absolute Gasteiger partial charge is 0.382 e. The quantitative estimate of drug-likeness (QED) is 0.734. The number of hydrogen-bond donors (Lipinski definition) is 1. The second kappa shape index (κ2) is 7.25. The molecule has 0 fully saturated rings. The predicted octanol–water partition coefficient (Wildman–Crippen LogP) is 2.67. The SMILES string of the molecule is CCOCCCn1ccnc1NCCC(F)(F)F. The van der Waals surface area contributed by atoms with Gasteiger partial charge in [0.1, 0.15) is 0 Å². The number of nitrogens with zero attached hydrogens (tertiary/aromatic N) is 2. The first kappa shape index (κ1) is 14.8. The molecule has 0 spiro atoms. The molecule has 18 heavy (non-hydrogen) atoms. The van der Waals surface area contributed by atoms with Crippen molar-refractivity contribution in [2.24, 2.45) is 0 Å². The molecule has 0 aliphatic carbocycles. The standard InChI is InChI=1S/C11H18F3N3O/c1-2-18-9-3-7-17-8-6-16-10(17)15-5-4-11(12,13)14/h6,8H,2-5,7,9H2,1H3,(H,15,16). The average molecular weight is 265 g/mol. The second-order valence-electron chi connectivity index (χ2n) is 3.79. The van der Waals surface area contributed by atoms with E-state index in [1.165, 1.54) is 0 Å². The van der Waals surface area contributed by atoms with Gasteiger partial charge in [0.15, 0.2) is 0 Å². The molecule has 0 amide bonds. The molecule has 0 saturated heterocycles. The number of aromatic nitrogens is 2. The Hall–Kier alpha value is -1.24. The van der Waals surface area contributed by atoms with Gasteiger partial charge in [-0.25, -0.2) is 4.98 Å². The van der Waals surface area contributed by atoms with Crippen LogP contribution in [0.3, 0.4) is 0 Å². The molecule has 0 unspecified atom stereocenters. The lowest BCUT2D eigenvalue weighted by Crippen LogP contribution is -2.17. The molecule has 1 heterocycles. The molecule has 1 aromatic heterocycles. The summed E-state index contributed by atoms with van der Waals surface area (Å²) in [5, 5.41) is 2.68. The maximum Gasteiger partial charge on any atom is 0.390 e. The van der Waals surface area contributed by atoms with Gasteiger partial charge in [-0.05, 0) is 13.3 Å². The van der Waals surface area contributed by atoms with E-state index in [-0.39, 0.29) is 6.54 Å². The van der Waals surface area contributed by atoms with Crippen molar-refractivity contribution in [3.8, 4) is 0 Å². The summed E-state index contributed by atoms with van der Waals surface area (Å²) in [5.41, 5.74) is 0. The fourth-order valence-electron chi connectivity index (χ4n) is 1.45. The summed E-state index contributed by atoms with van der Waals surface area (Å²) < 4.78 is 42.9. The van der Waals surface area contributed by atoms with Gasteiger partial charge in [-0.3, -0.25) is 0 Å². The van der Waals surface area contributed by atoms with E-state index >= 15 is 0 Å². The number of imidazole rings is 1. The van der Waals surface area contributed by atoms with E-state index in [1.807, 2.05) is 6.92 Å². The van der Waals surface area contributed by atoms with Gasteiger partial charge in [-0.15, -0.1) is 0 Å². The molecule has 0 radical (unpaired) electrons. The van der Waals surface area contributed by atoms with Crippen LogP contribution < -0.4 is 5.32 Å². The Morgan fingerprint density at radius 1 is 1.44 bits per heavy atom. The molecular formula is C11H18F3N3O. The number of hydrogen-bond acceptors (Lipinski definition) is 3. The molecule has 1 aromatic rings. The molecule has 0 aromatic carbocycles. The zero-order valence-corrected chi connectivity index (χ0v) is 10.3. The van der Waals surface area contributed by atoms with Crippen molar-refractivity contribution in [1.82, 2.24) is 9.55 Å². The van der Waals surface area contributed by atoms with Crippen molar-refractivity contribution >= 4 is 5.95 Å². The molecule has 0 saturated carbocycles. The first-order chi connectivity index (χ1) is 8.53. The minimum atomic E-state index is -4.14. The van der Waals surface area contributed by atoms with Crippen molar-refractivity contribution in [1.29, 1.82) is 0 Å². The van der Waals surface area contributed by atoms with Crippen LogP contribution in [0.1, 0.15) is 19.8 Å². The van der Waals surface area contributed by atoms with Gasteiger partial charge in [-0.1, -0.05) is 0 Å². The van der Waals surface area contributed by atoms with Gasteiger partial charge < -0.3 is 14.6 Å². The maximum absolute atomic E-state index is 12.0. The fraction of sp³-hybridized carbons (Fsp3) is 0.727. The Morgan fingerprint density at radius 3 is 2.89 bits per heavy atom. The van der Waals surface area contributed by atoms with Crippen LogP contribution in [0.25, 0.3) is 0 Å². The maximum atomic E-state index is 12.0. The van der Waals surface area contributed by atoms with Crippen LogP contribution in [-0.2, 0) is 11.3 Å².